The van der Waals surface area contributed by atoms with E-state index in [0.29, 0.717) is 19.1 Å². The molecule has 0 spiro atoms. The average Bonchev–Trinajstić information content (AvgIpc) is 3.21. The largest absolute Gasteiger partial charge is 0.486 e. The number of aromatic nitrogens is 2. The Kier molecular flexibility index (Phi) is 5.34. The lowest BCUT2D eigenvalue weighted by molar-refractivity contribution is 0.171. The fraction of sp³-hybridized carbons (Fsp3) is 0.333. The number of rotatable bonds is 7. The maximum atomic E-state index is 5.63. The Balaban J connectivity index is 1.27. The number of nitrogens with zero attached hydrogens (tertiary/aromatic N) is 2. The van der Waals surface area contributed by atoms with E-state index in [1.54, 1.807) is 0 Å². The van der Waals surface area contributed by atoms with Gasteiger partial charge >= 0.3 is 0 Å². The molecule has 3 aromatic rings. The van der Waals surface area contributed by atoms with Crippen LogP contribution in [0.2, 0.25) is 0 Å². The second-order valence-corrected chi connectivity index (χ2v) is 6.47. The molecule has 0 radical (unpaired) electrons. The van der Waals surface area contributed by atoms with E-state index in [1.165, 1.54) is 11.1 Å². The predicted octanol–water partition coefficient (Wildman–Crippen LogP) is 3.40. The Morgan fingerprint density at radius 1 is 0.963 bits per heavy atom. The van der Waals surface area contributed by atoms with Gasteiger partial charge in [-0.1, -0.05) is 30.3 Å². The second kappa shape index (κ2) is 8.22. The molecule has 27 heavy (non-hydrogen) atoms. The van der Waals surface area contributed by atoms with E-state index in [1.807, 2.05) is 31.2 Å². The quantitative estimate of drug-likeness (QED) is 0.647. The fourth-order valence-corrected chi connectivity index (χ4v) is 2.99. The molecule has 6 heteroatoms. The third-order valence-corrected chi connectivity index (χ3v) is 4.51. The average molecular weight is 365 g/mol. The van der Waals surface area contributed by atoms with Crippen LogP contribution >= 0.6 is 0 Å². The van der Waals surface area contributed by atoms with Crippen LogP contribution in [0.15, 0.2) is 47.0 Å². The first-order valence-corrected chi connectivity index (χ1v) is 9.33. The fourth-order valence-electron chi connectivity index (χ4n) is 2.99. The van der Waals surface area contributed by atoms with Crippen LogP contribution in [0.3, 0.4) is 0 Å². The van der Waals surface area contributed by atoms with Gasteiger partial charge in [-0.05, 0) is 48.4 Å². The van der Waals surface area contributed by atoms with Crippen molar-refractivity contribution in [2.45, 2.75) is 26.3 Å². The van der Waals surface area contributed by atoms with Gasteiger partial charge in [-0.25, -0.2) is 0 Å². The lowest BCUT2D eigenvalue weighted by atomic mass is 10.1. The molecule has 0 amide bonds. The highest BCUT2D eigenvalue weighted by Crippen LogP contribution is 2.30. The second-order valence-electron chi connectivity index (χ2n) is 6.47. The molecule has 0 saturated carbocycles. The molecule has 2 aromatic carbocycles. The summed E-state index contributed by atoms with van der Waals surface area (Å²) in [6, 6.07) is 14.4. The van der Waals surface area contributed by atoms with Crippen molar-refractivity contribution in [3.8, 4) is 23.0 Å². The standard InChI is InChI=1S/C21H23N3O3/c1-2-20-23-21(27-24-20)17-6-3-15(4-7-17)9-10-22-14-16-5-8-18-19(13-16)26-12-11-25-18/h3-8,13,22H,2,9-12,14H2,1H3. The first-order chi connectivity index (χ1) is 13.3. The van der Waals surface area contributed by atoms with E-state index in [0.717, 1.165) is 48.8 Å². The maximum absolute atomic E-state index is 5.63. The zero-order valence-corrected chi connectivity index (χ0v) is 15.4. The van der Waals surface area contributed by atoms with Crippen molar-refractivity contribution < 1.29 is 14.0 Å². The molecule has 2 heterocycles. The Morgan fingerprint density at radius 2 is 1.74 bits per heavy atom. The molecule has 0 fully saturated rings. The summed E-state index contributed by atoms with van der Waals surface area (Å²) in [5.74, 6) is 2.98. The van der Waals surface area contributed by atoms with Crippen molar-refractivity contribution in [1.29, 1.82) is 0 Å². The van der Waals surface area contributed by atoms with Gasteiger partial charge in [0, 0.05) is 18.5 Å². The van der Waals surface area contributed by atoms with Crippen molar-refractivity contribution in [1.82, 2.24) is 15.5 Å². The zero-order valence-electron chi connectivity index (χ0n) is 15.4. The Bertz CT molecular complexity index is 890. The highest BCUT2D eigenvalue weighted by atomic mass is 16.6. The van der Waals surface area contributed by atoms with Gasteiger partial charge < -0.3 is 19.3 Å². The third-order valence-electron chi connectivity index (χ3n) is 4.51. The first-order valence-electron chi connectivity index (χ1n) is 9.33. The minimum atomic E-state index is 0.579. The SMILES string of the molecule is CCc1noc(-c2ccc(CCNCc3ccc4c(c3)OCCO4)cc2)n1. The molecule has 1 aromatic heterocycles. The molecule has 0 bridgehead atoms. The molecule has 4 rings (SSSR count). The monoisotopic (exact) mass is 365 g/mol. The van der Waals surface area contributed by atoms with Crippen molar-refractivity contribution in [3.63, 3.8) is 0 Å². The van der Waals surface area contributed by atoms with E-state index >= 15 is 0 Å². The van der Waals surface area contributed by atoms with Gasteiger partial charge in [-0.3, -0.25) is 0 Å². The topological polar surface area (TPSA) is 69.4 Å². The zero-order chi connectivity index (χ0) is 18.5. The Hall–Kier alpha value is -2.86. The van der Waals surface area contributed by atoms with Gasteiger partial charge in [-0.2, -0.15) is 4.98 Å². The summed E-state index contributed by atoms with van der Waals surface area (Å²) in [5, 5.41) is 7.41. The maximum Gasteiger partial charge on any atom is 0.257 e. The summed E-state index contributed by atoms with van der Waals surface area (Å²) in [6.45, 7) is 4.94. The lowest BCUT2D eigenvalue weighted by Gasteiger charge is -2.19. The smallest absolute Gasteiger partial charge is 0.257 e. The molecule has 0 aliphatic carbocycles. The van der Waals surface area contributed by atoms with Crippen LogP contribution in [-0.2, 0) is 19.4 Å². The molecular formula is C21H23N3O3. The van der Waals surface area contributed by atoms with Crippen molar-refractivity contribution in [2.24, 2.45) is 0 Å². The van der Waals surface area contributed by atoms with Gasteiger partial charge in [0.2, 0.25) is 0 Å². The highest BCUT2D eigenvalue weighted by Gasteiger charge is 2.11. The van der Waals surface area contributed by atoms with E-state index in [9.17, 15) is 0 Å². The Labute approximate surface area is 158 Å². The van der Waals surface area contributed by atoms with Gasteiger partial charge in [0.15, 0.2) is 17.3 Å². The lowest BCUT2D eigenvalue weighted by Crippen LogP contribution is -2.18. The number of hydrogen-bond acceptors (Lipinski definition) is 6. The normalized spacial score (nSPS) is 12.9. The molecule has 6 nitrogen and oxygen atoms in total. The molecule has 140 valence electrons. The minimum absolute atomic E-state index is 0.579. The summed E-state index contributed by atoms with van der Waals surface area (Å²) in [7, 11) is 0. The van der Waals surface area contributed by atoms with Gasteiger partial charge in [0.05, 0.1) is 0 Å². The third kappa shape index (κ3) is 4.28. The molecular weight excluding hydrogens is 342 g/mol. The van der Waals surface area contributed by atoms with Crippen molar-refractivity contribution in [2.75, 3.05) is 19.8 Å². The van der Waals surface area contributed by atoms with Crippen LogP contribution in [0.1, 0.15) is 23.9 Å². The van der Waals surface area contributed by atoms with Crippen LogP contribution in [0.5, 0.6) is 11.5 Å². The van der Waals surface area contributed by atoms with E-state index < -0.39 is 0 Å². The molecule has 0 saturated heterocycles. The predicted molar refractivity (Wildman–Crippen MR) is 102 cm³/mol. The molecule has 1 aliphatic heterocycles. The summed E-state index contributed by atoms with van der Waals surface area (Å²) in [4.78, 5) is 4.36. The molecule has 0 unspecified atom stereocenters. The minimum Gasteiger partial charge on any atom is -0.486 e. The number of ether oxygens (including phenoxy) is 2. The molecule has 1 aliphatic rings. The number of hydrogen-bond donors (Lipinski definition) is 1. The van der Waals surface area contributed by atoms with Crippen molar-refractivity contribution in [3.05, 3.63) is 59.4 Å². The van der Waals surface area contributed by atoms with Crippen LogP contribution in [0.4, 0.5) is 0 Å². The summed E-state index contributed by atoms with van der Waals surface area (Å²) >= 11 is 0. The van der Waals surface area contributed by atoms with Crippen LogP contribution in [0.25, 0.3) is 11.5 Å². The van der Waals surface area contributed by atoms with Crippen molar-refractivity contribution >= 4 is 0 Å². The van der Waals surface area contributed by atoms with Gasteiger partial charge in [0.1, 0.15) is 13.2 Å². The highest BCUT2D eigenvalue weighted by molar-refractivity contribution is 5.53. The van der Waals surface area contributed by atoms with Gasteiger partial charge in [0.25, 0.3) is 5.89 Å². The summed E-state index contributed by atoms with van der Waals surface area (Å²) < 4.78 is 16.5. The number of benzene rings is 2. The number of fused-ring (bicyclic) bond motifs is 1. The summed E-state index contributed by atoms with van der Waals surface area (Å²) in [5.41, 5.74) is 3.41. The van der Waals surface area contributed by atoms with E-state index in [-0.39, 0.29) is 0 Å². The molecule has 1 N–H and O–H groups in total. The Morgan fingerprint density at radius 3 is 2.52 bits per heavy atom. The number of nitrogens with one attached hydrogen (secondary N) is 1. The van der Waals surface area contributed by atoms with E-state index in [4.69, 9.17) is 14.0 Å². The number of aryl methyl sites for hydroxylation is 1. The summed E-state index contributed by atoms with van der Waals surface area (Å²) in [6.07, 6.45) is 1.73. The van der Waals surface area contributed by atoms with Crippen LogP contribution < -0.4 is 14.8 Å². The van der Waals surface area contributed by atoms with Gasteiger partial charge in [-0.15, -0.1) is 0 Å². The van der Waals surface area contributed by atoms with Crippen LogP contribution in [0, 0.1) is 0 Å². The van der Waals surface area contributed by atoms with E-state index in [2.05, 4.69) is 33.7 Å². The first kappa shape index (κ1) is 17.5. The molecule has 0 atom stereocenters. The van der Waals surface area contributed by atoms with Crippen LogP contribution in [-0.4, -0.2) is 29.9 Å².